The molecule has 0 bridgehead atoms. The normalized spacial score (nSPS) is 10.0. The number of benzene rings is 1. The van der Waals surface area contributed by atoms with Crippen molar-refractivity contribution in [2.24, 2.45) is 0 Å². The van der Waals surface area contributed by atoms with E-state index in [0.717, 1.165) is 0 Å². The van der Waals surface area contributed by atoms with E-state index in [1.54, 1.807) is 11.4 Å². The zero-order valence-electron chi connectivity index (χ0n) is 8.21. The summed E-state index contributed by atoms with van der Waals surface area (Å²) >= 11 is 1.46. The van der Waals surface area contributed by atoms with E-state index >= 15 is 0 Å². The van der Waals surface area contributed by atoms with Crippen LogP contribution in [0, 0.1) is 0 Å². The van der Waals surface area contributed by atoms with Crippen LogP contribution in [0.2, 0.25) is 0 Å². The molecule has 0 aliphatic heterocycles. The number of ketones is 1. The SMILES string of the molecule is O=C(O)c1ccc(C(=O)c2ccsc2)cc1. The van der Waals surface area contributed by atoms with Crippen LogP contribution in [0.15, 0.2) is 41.1 Å². The Kier molecular flexibility index (Phi) is 2.83. The van der Waals surface area contributed by atoms with Gasteiger partial charge in [0.15, 0.2) is 5.78 Å². The maximum Gasteiger partial charge on any atom is 0.335 e. The van der Waals surface area contributed by atoms with Gasteiger partial charge in [0.1, 0.15) is 0 Å². The summed E-state index contributed by atoms with van der Waals surface area (Å²) in [5, 5.41) is 12.3. The van der Waals surface area contributed by atoms with Crippen molar-refractivity contribution in [3.63, 3.8) is 0 Å². The third kappa shape index (κ3) is 2.01. The minimum Gasteiger partial charge on any atom is -0.478 e. The van der Waals surface area contributed by atoms with Crippen molar-refractivity contribution in [3.8, 4) is 0 Å². The summed E-state index contributed by atoms with van der Waals surface area (Å²) in [6, 6.07) is 7.68. The van der Waals surface area contributed by atoms with Gasteiger partial charge in [-0.05, 0) is 23.6 Å². The molecule has 0 radical (unpaired) electrons. The van der Waals surface area contributed by atoms with Crippen LogP contribution in [0.3, 0.4) is 0 Å². The van der Waals surface area contributed by atoms with Crippen molar-refractivity contribution in [2.75, 3.05) is 0 Å². The van der Waals surface area contributed by atoms with Crippen LogP contribution < -0.4 is 0 Å². The monoisotopic (exact) mass is 232 g/mol. The third-order valence-electron chi connectivity index (χ3n) is 2.18. The minimum absolute atomic E-state index is 0.0850. The first-order valence-corrected chi connectivity index (χ1v) is 5.53. The van der Waals surface area contributed by atoms with E-state index in [2.05, 4.69) is 0 Å². The van der Waals surface area contributed by atoms with Gasteiger partial charge in [0.2, 0.25) is 0 Å². The summed E-state index contributed by atoms with van der Waals surface area (Å²) in [4.78, 5) is 22.5. The molecule has 3 nitrogen and oxygen atoms in total. The number of thiophene rings is 1. The molecule has 1 heterocycles. The molecule has 0 aliphatic carbocycles. The van der Waals surface area contributed by atoms with Gasteiger partial charge in [0.05, 0.1) is 5.56 Å². The maximum absolute atomic E-state index is 11.8. The van der Waals surface area contributed by atoms with Crippen molar-refractivity contribution >= 4 is 23.1 Å². The Balaban J connectivity index is 2.29. The predicted molar refractivity (Wildman–Crippen MR) is 61.2 cm³/mol. The first-order valence-electron chi connectivity index (χ1n) is 4.59. The summed E-state index contributed by atoms with van der Waals surface area (Å²) in [5.41, 5.74) is 1.32. The number of hydrogen-bond acceptors (Lipinski definition) is 3. The molecule has 0 saturated heterocycles. The largest absolute Gasteiger partial charge is 0.478 e. The lowest BCUT2D eigenvalue weighted by Crippen LogP contribution is -2.01. The number of carbonyl (C=O) groups excluding carboxylic acids is 1. The maximum atomic E-state index is 11.8. The highest BCUT2D eigenvalue weighted by Gasteiger charge is 2.10. The second kappa shape index (κ2) is 4.28. The summed E-state index contributed by atoms with van der Waals surface area (Å²) in [5.74, 6) is -1.08. The Morgan fingerprint density at radius 1 is 0.938 bits per heavy atom. The van der Waals surface area contributed by atoms with Crippen LogP contribution in [0.25, 0.3) is 0 Å². The van der Waals surface area contributed by atoms with E-state index in [9.17, 15) is 9.59 Å². The summed E-state index contributed by atoms with van der Waals surface area (Å²) in [6.45, 7) is 0. The first kappa shape index (κ1) is 10.6. The lowest BCUT2D eigenvalue weighted by Gasteiger charge is -1.99. The number of aromatic carboxylic acids is 1. The number of carbonyl (C=O) groups is 2. The topological polar surface area (TPSA) is 54.4 Å². The molecular formula is C12H8O3S. The molecule has 16 heavy (non-hydrogen) atoms. The molecule has 1 N–H and O–H groups in total. The number of hydrogen-bond donors (Lipinski definition) is 1. The Bertz CT molecular complexity index is 512. The highest BCUT2D eigenvalue weighted by Crippen LogP contribution is 2.13. The van der Waals surface area contributed by atoms with Crippen LogP contribution >= 0.6 is 11.3 Å². The second-order valence-electron chi connectivity index (χ2n) is 3.22. The van der Waals surface area contributed by atoms with Gasteiger partial charge in [0, 0.05) is 16.5 Å². The van der Waals surface area contributed by atoms with Gasteiger partial charge in [-0.2, -0.15) is 11.3 Å². The van der Waals surface area contributed by atoms with Crippen LogP contribution in [0.4, 0.5) is 0 Å². The van der Waals surface area contributed by atoms with Gasteiger partial charge >= 0.3 is 5.97 Å². The molecule has 0 atom stereocenters. The first-order chi connectivity index (χ1) is 7.68. The molecule has 4 heteroatoms. The van der Waals surface area contributed by atoms with E-state index in [-0.39, 0.29) is 11.3 Å². The molecule has 0 aliphatic rings. The van der Waals surface area contributed by atoms with Crippen LogP contribution in [0.1, 0.15) is 26.3 Å². The van der Waals surface area contributed by atoms with Gasteiger partial charge in [-0.25, -0.2) is 4.79 Å². The molecule has 2 rings (SSSR count). The summed E-state index contributed by atoms with van der Waals surface area (Å²) in [7, 11) is 0. The Labute approximate surface area is 96.0 Å². The second-order valence-corrected chi connectivity index (χ2v) is 4.00. The van der Waals surface area contributed by atoms with Gasteiger partial charge in [0.25, 0.3) is 0 Å². The van der Waals surface area contributed by atoms with Crippen LogP contribution in [-0.4, -0.2) is 16.9 Å². The van der Waals surface area contributed by atoms with Gasteiger partial charge in [-0.1, -0.05) is 12.1 Å². The van der Waals surface area contributed by atoms with Crippen LogP contribution in [0.5, 0.6) is 0 Å². The van der Waals surface area contributed by atoms with Crippen LogP contribution in [-0.2, 0) is 0 Å². The van der Waals surface area contributed by atoms with Crippen molar-refractivity contribution in [3.05, 3.63) is 57.8 Å². The Hall–Kier alpha value is -1.94. The van der Waals surface area contributed by atoms with E-state index in [1.807, 2.05) is 5.38 Å². The molecule has 80 valence electrons. The lowest BCUT2D eigenvalue weighted by atomic mass is 10.0. The summed E-state index contributed by atoms with van der Waals surface area (Å²) < 4.78 is 0. The molecule has 1 aromatic carbocycles. The van der Waals surface area contributed by atoms with E-state index in [4.69, 9.17) is 5.11 Å². The average molecular weight is 232 g/mol. The number of rotatable bonds is 3. The quantitative estimate of drug-likeness (QED) is 0.828. The standard InChI is InChI=1S/C12H8O3S/c13-11(10-5-6-16-7-10)8-1-3-9(4-2-8)12(14)15/h1-7H,(H,14,15). The van der Waals surface area contributed by atoms with E-state index in [1.165, 1.54) is 35.6 Å². The zero-order valence-corrected chi connectivity index (χ0v) is 9.03. The van der Waals surface area contributed by atoms with Gasteiger partial charge < -0.3 is 5.11 Å². The number of carboxylic acid groups (broad SMARTS) is 1. The molecule has 0 spiro atoms. The highest BCUT2D eigenvalue weighted by atomic mass is 32.1. The van der Waals surface area contributed by atoms with E-state index < -0.39 is 5.97 Å². The molecule has 0 unspecified atom stereocenters. The minimum atomic E-state index is -0.991. The van der Waals surface area contributed by atoms with Crippen molar-refractivity contribution < 1.29 is 14.7 Å². The number of carboxylic acids is 1. The Morgan fingerprint density at radius 2 is 1.56 bits per heavy atom. The molecular weight excluding hydrogens is 224 g/mol. The van der Waals surface area contributed by atoms with E-state index in [0.29, 0.717) is 11.1 Å². The predicted octanol–water partition coefficient (Wildman–Crippen LogP) is 2.68. The zero-order chi connectivity index (χ0) is 11.5. The fraction of sp³-hybridized carbons (Fsp3) is 0. The van der Waals surface area contributed by atoms with Crippen molar-refractivity contribution in [1.82, 2.24) is 0 Å². The van der Waals surface area contributed by atoms with Crippen molar-refractivity contribution in [2.45, 2.75) is 0 Å². The molecule has 2 aromatic rings. The fourth-order valence-electron chi connectivity index (χ4n) is 1.32. The average Bonchev–Trinajstić information content (AvgIpc) is 2.81. The molecule has 0 fully saturated rings. The molecule has 0 saturated carbocycles. The van der Waals surface area contributed by atoms with Gasteiger partial charge in [-0.3, -0.25) is 4.79 Å². The fourth-order valence-corrected chi connectivity index (χ4v) is 1.96. The molecule has 1 aromatic heterocycles. The summed E-state index contributed by atoms with van der Waals surface area (Å²) in [6.07, 6.45) is 0. The third-order valence-corrected chi connectivity index (χ3v) is 2.86. The van der Waals surface area contributed by atoms with Crippen molar-refractivity contribution in [1.29, 1.82) is 0 Å². The smallest absolute Gasteiger partial charge is 0.335 e. The molecule has 0 amide bonds. The van der Waals surface area contributed by atoms with Gasteiger partial charge in [-0.15, -0.1) is 0 Å². The lowest BCUT2D eigenvalue weighted by molar-refractivity contribution is 0.0696. The highest BCUT2D eigenvalue weighted by molar-refractivity contribution is 7.08. The Morgan fingerprint density at radius 3 is 2.06 bits per heavy atom.